The molecule has 1 nitrogen and oxygen atoms in total. The summed E-state index contributed by atoms with van der Waals surface area (Å²) in [5.41, 5.74) is 0. The predicted molar refractivity (Wildman–Crippen MR) is 89.4 cm³/mol. The van der Waals surface area contributed by atoms with Gasteiger partial charge in [0, 0.05) is 20.3 Å². The fourth-order valence-corrected chi connectivity index (χ4v) is 4.74. The number of fused-ring (bicyclic) bond motifs is 1. The van der Waals surface area contributed by atoms with Crippen LogP contribution < -0.4 is 5.32 Å². The second-order valence-corrected chi connectivity index (χ2v) is 7.29. The van der Waals surface area contributed by atoms with Gasteiger partial charge in [-0.15, -0.1) is 22.7 Å². The van der Waals surface area contributed by atoms with E-state index in [1.807, 2.05) is 22.7 Å². The van der Waals surface area contributed by atoms with Crippen molar-refractivity contribution in [3.63, 3.8) is 0 Å². The Morgan fingerprint density at radius 1 is 1.16 bits per heavy atom. The maximum Gasteiger partial charge on any atom is 0.0454 e. The van der Waals surface area contributed by atoms with Crippen LogP contribution >= 0.6 is 22.7 Å². The molecule has 0 amide bonds. The second kappa shape index (κ2) is 7.41. The highest BCUT2D eigenvalue weighted by Crippen LogP contribution is 2.36. The molecule has 0 spiro atoms. The number of rotatable bonds is 8. The van der Waals surface area contributed by atoms with Crippen molar-refractivity contribution in [2.75, 3.05) is 6.54 Å². The highest BCUT2D eigenvalue weighted by atomic mass is 32.1. The fraction of sp³-hybridized carbons (Fsp3) is 0.625. The molecule has 2 heterocycles. The van der Waals surface area contributed by atoms with Crippen molar-refractivity contribution >= 4 is 32.1 Å². The van der Waals surface area contributed by atoms with Crippen LogP contribution in [0.25, 0.3) is 9.40 Å². The zero-order valence-electron chi connectivity index (χ0n) is 12.2. The molecule has 1 N–H and O–H groups in total. The Kier molecular flexibility index (Phi) is 5.86. The lowest BCUT2D eigenvalue weighted by molar-refractivity contribution is 0.375. The summed E-state index contributed by atoms with van der Waals surface area (Å²) in [6, 6.07) is 5.21. The Morgan fingerprint density at radius 2 is 1.95 bits per heavy atom. The molecule has 3 heteroatoms. The van der Waals surface area contributed by atoms with Crippen LogP contribution in [0.5, 0.6) is 0 Å². The maximum absolute atomic E-state index is 3.75. The van der Waals surface area contributed by atoms with E-state index in [1.165, 1.54) is 40.0 Å². The van der Waals surface area contributed by atoms with Crippen LogP contribution in [-0.2, 0) is 0 Å². The minimum Gasteiger partial charge on any atom is -0.309 e. The molecule has 0 saturated heterocycles. The van der Waals surface area contributed by atoms with Gasteiger partial charge in [0.1, 0.15) is 0 Å². The first-order chi connectivity index (χ1) is 9.28. The molecule has 0 aromatic carbocycles. The predicted octanol–water partition coefficient (Wildman–Crippen LogP) is 5.83. The molecule has 106 valence electrons. The van der Waals surface area contributed by atoms with E-state index in [0.717, 1.165) is 12.5 Å². The largest absolute Gasteiger partial charge is 0.309 e. The molecule has 19 heavy (non-hydrogen) atoms. The lowest BCUT2D eigenvalue weighted by atomic mass is 9.94. The monoisotopic (exact) mass is 295 g/mol. The summed E-state index contributed by atoms with van der Waals surface area (Å²) < 4.78 is 2.90. The third kappa shape index (κ3) is 3.80. The van der Waals surface area contributed by atoms with Crippen molar-refractivity contribution in [3.05, 3.63) is 22.4 Å². The van der Waals surface area contributed by atoms with Gasteiger partial charge in [0.25, 0.3) is 0 Å². The average Bonchev–Trinajstić information content (AvgIpc) is 3.00. The van der Waals surface area contributed by atoms with E-state index in [4.69, 9.17) is 0 Å². The summed E-state index contributed by atoms with van der Waals surface area (Å²) >= 11 is 3.84. The average molecular weight is 296 g/mol. The number of thiophene rings is 2. The lowest BCUT2D eigenvalue weighted by Crippen LogP contribution is -2.23. The van der Waals surface area contributed by atoms with Crippen molar-refractivity contribution in [3.8, 4) is 0 Å². The Hall–Kier alpha value is -0.380. The zero-order chi connectivity index (χ0) is 13.7. The van der Waals surface area contributed by atoms with Gasteiger partial charge < -0.3 is 5.32 Å². The van der Waals surface area contributed by atoms with Crippen molar-refractivity contribution in [2.24, 2.45) is 5.92 Å². The van der Waals surface area contributed by atoms with Crippen LogP contribution in [-0.4, -0.2) is 6.54 Å². The van der Waals surface area contributed by atoms with E-state index >= 15 is 0 Å². The van der Waals surface area contributed by atoms with E-state index in [9.17, 15) is 0 Å². The molecule has 0 saturated carbocycles. The SMILES string of the molecule is CCCNC(CC(CC)CC)c1cc2sccc2s1. The van der Waals surface area contributed by atoms with Crippen LogP contribution in [0.1, 0.15) is 57.4 Å². The van der Waals surface area contributed by atoms with Gasteiger partial charge in [-0.1, -0.05) is 33.6 Å². The normalized spacial score (nSPS) is 13.5. The topological polar surface area (TPSA) is 12.0 Å². The smallest absolute Gasteiger partial charge is 0.0454 e. The summed E-state index contributed by atoms with van der Waals surface area (Å²) in [5.74, 6) is 0.842. The van der Waals surface area contributed by atoms with Crippen LogP contribution in [0.4, 0.5) is 0 Å². The molecule has 2 aromatic rings. The number of hydrogen-bond acceptors (Lipinski definition) is 3. The first-order valence-electron chi connectivity index (χ1n) is 7.48. The lowest BCUT2D eigenvalue weighted by Gasteiger charge is -2.22. The first-order valence-corrected chi connectivity index (χ1v) is 9.18. The van der Waals surface area contributed by atoms with E-state index in [0.29, 0.717) is 6.04 Å². The van der Waals surface area contributed by atoms with Gasteiger partial charge >= 0.3 is 0 Å². The van der Waals surface area contributed by atoms with Gasteiger partial charge in [-0.3, -0.25) is 0 Å². The summed E-state index contributed by atoms with van der Waals surface area (Å²) in [7, 11) is 0. The second-order valence-electron chi connectivity index (χ2n) is 5.22. The van der Waals surface area contributed by atoms with Crippen LogP contribution in [0, 0.1) is 5.92 Å². The molecule has 0 aliphatic rings. The van der Waals surface area contributed by atoms with Crippen LogP contribution in [0.15, 0.2) is 17.5 Å². The van der Waals surface area contributed by atoms with Gasteiger partial charge in [-0.2, -0.15) is 0 Å². The molecule has 0 radical (unpaired) electrons. The number of hydrogen-bond donors (Lipinski definition) is 1. The minimum absolute atomic E-state index is 0.550. The molecular weight excluding hydrogens is 270 g/mol. The van der Waals surface area contributed by atoms with E-state index in [-0.39, 0.29) is 0 Å². The molecule has 0 aliphatic carbocycles. The summed E-state index contributed by atoms with van der Waals surface area (Å²) in [6.45, 7) is 8.00. The number of nitrogens with one attached hydrogen (secondary N) is 1. The fourth-order valence-electron chi connectivity index (χ4n) is 2.53. The van der Waals surface area contributed by atoms with Gasteiger partial charge in [-0.25, -0.2) is 0 Å². The highest BCUT2D eigenvalue weighted by molar-refractivity contribution is 7.26. The minimum atomic E-state index is 0.550. The molecule has 1 unspecified atom stereocenters. The molecule has 0 bridgehead atoms. The van der Waals surface area contributed by atoms with Crippen molar-refractivity contribution in [1.29, 1.82) is 0 Å². The Labute approximate surface area is 125 Å². The third-order valence-corrected chi connectivity index (χ3v) is 6.07. The van der Waals surface area contributed by atoms with E-state index < -0.39 is 0 Å². The van der Waals surface area contributed by atoms with Crippen molar-refractivity contribution in [2.45, 2.75) is 52.5 Å². The van der Waals surface area contributed by atoms with Crippen LogP contribution in [0.2, 0.25) is 0 Å². The first kappa shape index (κ1) is 15.0. The van der Waals surface area contributed by atoms with E-state index in [2.05, 4.69) is 43.6 Å². The highest BCUT2D eigenvalue weighted by Gasteiger charge is 2.18. The van der Waals surface area contributed by atoms with E-state index in [1.54, 1.807) is 0 Å². The van der Waals surface area contributed by atoms with Crippen molar-refractivity contribution < 1.29 is 0 Å². The molecule has 0 aliphatic heterocycles. The van der Waals surface area contributed by atoms with Gasteiger partial charge in [0.2, 0.25) is 0 Å². The quantitative estimate of drug-likeness (QED) is 0.646. The third-order valence-electron chi connectivity index (χ3n) is 3.87. The Balaban J connectivity index is 2.13. The summed E-state index contributed by atoms with van der Waals surface area (Å²) in [5, 5.41) is 5.95. The Bertz CT molecular complexity index is 453. The van der Waals surface area contributed by atoms with Gasteiger partial charge in [0.15, 0.2) is 0 Å². The zero-order valence-corrected chi connectivity index (χ0v) is 13.9. The molecule has 2 aromatic heterocycles. The standard InChI is InChI=1S/C16H25NS2/c1-4-8-17-13(10-12(5-2)6-3)15-11-16-14(19-15)7-9-18-16/h7,9,11-13,17H,4-6,8,10H2,1-3H3. The van der Waals surface area contributed by atoms with Crippen molar-refractivity contribution in [1.82, 2.24) is 5.32 Å². The maximum atomic E-state index is 3.75. The van der Waals surface area contributed by atoms with Gasteiger partial charge in [0.05, 0.1) is 0 Å². The summed E-state index contributed by atoms with van der Waals surface area (Å²) in [6.07, 6.45) is 5.07. The Morgan fingerprint density at radius 3 is 2.58 bits per heavy atom. The summed E-state index contributed by atoms with van der Waals surface area (Å²) in [4.78, 5) is 1.53. The molecular formula is C16H25NS2. The molecule has 1 atom stereocenters. The molecule has 0 fully saturated rings. The molecule has 2 rings (SSSR count). The van der Waals surface area contributed by atoms with Crippen LogP contribution in [0.3, 0.4) is 0 Å². The van der Waals surface area contributed by atoms with Gasteiger partial charge in [-0.05, 0) is 42.8 Å².